The highest BCUT2D eigenvalue weighted by Crippen LogP contribution is 2.33. The summed E-state index contributed by atoms with van der Waals surface area (Å²) >= 11 is -1.54. The van der Waals surface area contributed by atoms with Crippen molar-refractivity contribution in [3.8, 4) is 5.75 Å². The highest BCUT2D eigenvalue weighted by molar-refractivity contribution is 7.89. The van der Waals surface area contributed by atoms with Crippen molar-refractivity contribution >= 4 is 17.5 Å². The number of carbonyl (C=O) groups is 1. The Bertz CT molecular complexity index is 1140. The minimum Gasteiger partial charge on any atom is -0.593 e. The lowest BCUT2D eigenvalue weighted by atomic mass is 10.0. The molecule has 11 heteroatoms. The van der Waals surface area contributed by atoms with Crippen molar-refractivity contribution < 1.29 is 33.4 Å². The zero-order valence-electron chi connectivity index (χ0n) is 24.6. The molecule has 2 unspecified atom stereocenters. The highest BCUT2D eigenvalue weighted by Gasteiger charge is 2.44. The average molecular weight is 602 g/mol. The molecule has 0 aromatic heterocycles. The molecule has 230 valence electrons. The summed E-state index contributed by atoms with van der Waals surface area (Å²) in [5.74, 6) is 0.699. The van der Waals surface area contributed by atoms with Gasteiger partial charge >= 0.3 is 6.09 Å². The van der Waals surface area contributed by atoms with Crippen LogP contribution in [0.2, 0.25) is 0 Å². The third-order valence-electron chi connectivity index (χ3n) is 8.48. The van der Waals surface area contributed by atoms with Crippen LogP contribution >= 0.6 is 0 Å². The van der Waals surface area contributed by atoms with Gasteiger partial charge in [0.25, 0.3) is 0 Å². The number of hydrogen-bond acceptors (Lipinski definition) is 9. The van der Waals surface area contributed by atoms with Gasteiger partial charge in [-0.25, -0.2) is 4.79 Å². The third kappa shape index (κ3) is 7.57. The summed E-state index contributed by atoms with van der Waals surface area (Å²) < 4.78 is 38.1. The van der Waals surface area contributed by atoms with Crippen molar-refractivity contribution in [2.24, 2.45) is 5.92 Å². The van der Waals surface area contributed by atoms with E-state index in [1.807, 2.05) is 34.6 Å². The molecule has 0 spiro atoms. The molecule has 3 fully saturated rings. The number of amides is 1. The smallest absolute Gasteiger partial charge is 0.407 e. The van der Waals surface area contributed by atoms with E-state index in [1.54, 1.807) is 31.4 Å². The SMILES string of the molecule is COc1ccc([S+]([O-])N(C[C@@H](O)[C@H](Cc2ccccc2)NC(=O)O[C@H]2CO[C@H]3OCC[C@H]32)C2CCN(C(C)C)C2)cc1. The average Bonchev–Trinajstić information content (AvgIpc) is 3.75. The number of alkyl carbamates (subject to hydrolysis) is 1. The lowest BCUT2D eigenvalue weighted by molar-refractivity contribution is -0.0907. The van der Waals surface area contributed by atoms with E-state index in [4.69, 9.17) is 18.9 Å². The largest absolute Gasteiger partial charge is 0.593 e. The minimum atomic E-state index is -1.54. The Labute approximate surface area is 251 Å². The molecule has 0 saturated carbocycles. The van der Waals surface area contributed by atoms with Gasteiger partial charge < -0.3 is 33.9 Å². The number of likely N-dealkylation sites (tertiary alicyclic amines) is 1. The van der Waals surface area contributed by atoms with E-state index >= 15 is 0 Å². The fourth-order valence-corrected chi connectivity index (χ4v) is 7.36. The molecule has 3 heterocycles. The Morgan fingerprint density at radius 1 is 1.17 bits per heavy atom. The van der Waals surface area contributed by atoms with Gasteiger partial charge in [0.2, 0.25) is 0 Å². The van der Waals surface area contributed by atoms with Crippen molar-refractivity contribution in [3.05, 3.63) is 60.2 Å². The number of hydrogen-bond donors (Lipinski definition) is 2. The number of aliphatic hydroxyl groups excluding tert-OH is 1. The summed E-state index contributed by atoms with van der Waals surface area (Å²) in [6.45, 7) is 6.93. The van der Waals surface area contributed by atoms with Crippen LogP contribution in [0.25, 0.3) is 0 Å². The maximum atomic E-state index is 14.0. The van der Waals surface area contributed by atoms with Gasteiger partial charge in [-0.05, 0) is 62.9 Å². The number of nitrogens with zero attached hydrogens (tertiary/aromatic N) is 2. The molecule has 3 saturated heterocycles. The summed E-state index contributed by atoms with van der Waals surface area (Å²) in [5, 5.41) is 14.6. The monoisotopic (exact) mass is 601 g/mol. The summed E-state index contributed by atoms with van der Waals surface area (Å²) in [6.07, 6.45) is -0.351. The second-order valence-corrected chi connectivity index (χ2v) is 13.0. The first-order chi connectivity index (χ1) is 20.3. The zero-order valence-corrected chi connectivity index (χ0v) is 25.4. The van der Waals surface area contributed by atoms with E-state index in [1.165, 1.54) is 0 Å². The molecule has 1 amide bonds. The summed E-state index contributed by atoms with van der Waals surface area (Å²) in [6, 6.07) is 16.5. The maximum Gasteiger partial charge on any atom is 0.407 e. The molecule has 3 aliphatic heterocycles. The van der Waals surface area contributed by atoms with Crippen LogP contribution in [-0.4, -0.2) is 102 Å². The van der Waals surface area contributed by atoms with E-state index in [0.717, 1.165) is 31.5 Å². The summed E-state index contributed by atoms with van der Waals surface area (Å²) in [5.41, 5.74) is 0.963. The Morgan fingerprint density at radius 3 is 2.62 bits per heavy atom. The number of aliphatic hydroxyl groups is 1. The number of benzene rings is 2. The van der Waals surface area contributed by atoms with Crippen molar-refractivity contribution in [3.63, 3.8) is 0 Å². The predicted octanol–water partition coefficient (Wildman–Crippen LogP) is 2.96. The van der Waals surface area contributed by atoms with Crippen molar-refractivity contribution in [2.45, 2.75) is 74.6 Å². The number of fused-ring (bicyclic) bond motifs is 1. The zero-order chi connectivity index (χ0) is 29.6. The topological polar surface area (TPSA) is 116 Å². The number of methoxy groups -OCH3 is 1. The summed E-state index contributed by atoms with van der Waals surface area (Å²) in [7, 11) is 1.60. The lowest BCUT2D eigenvalue weighted by Gasteiger charge is -2.33. The van der Waals surface area contributed by atoms with E-state index in [-0.39, 0.29) is 31.4 Å². The first-order valence-corrected chi connectivity index (χ1v) is 15.9. The normalized spacial score (nSPS) is 26.3. The number of rotatable bonds is 12. The number of ether oxygens (including phenoxy) is 4. The second kappa shape index (κ2) is 14.4. The molecule has 7 atom stereocenters. The molecule has 0 bridgehead atoms. The van der Waals surface area contributed by atoms with E-state index < -0.39 is 35.7 Å². The Morgan fingerprint density at radius 2 is 1.93 bits per heavy atom. The van der Waals surface area contributed by atoms with Gasteiger partial charge in [-0.2, -0.15) is 0 Å². The van der Waals surface area contributed by atoms with Gasteiger partial charge in [-0.3, -0.25) is 4.90 Å². The van der Waals surface area contributed by atoms with E-state index in [9.17, 15) is 14.5 Å². The fraction of sp³-hybridized carbons (Fsp3) is 0.581. The summed E-state index contributed by atoms with van der Waals surface area (Å²) in [4.78, 5) is 16.1. The van der Waals surface area contributed by atoms with Crippen molar-refractivity contribution in [1.29, 1.82) is 0 Å². The number of nitrogens with one attached hydrogen (secondary N) is 1. The molecule has 2 N–H and O–H groups in total. The minimum absolute atomic E-state index is 0.0157. The van der Waals surface area contributed by atoms with Crippen molar-refractivity contribution in [2.75, 3.05) is 40.0 Å². The van der Waals surface area contributed by atoms with Gasteiger partial charge in [0.1, 0.15) is 11.9 Å². The molecule has 10 nitrogen and oxygen atoms in total. The first-order valence-electron chi connectivity index (χ1n) is 14.8. The van der Waals surface area contributed by atoms with Crippen LogP contribution in [0.1, 0.15) is 32.3 Å². The van der Waals surface area contributed by atoms with Crippen LogP contribution < -0.4 is 10.1 Å². The van der Waals surface area contributed by atoms with Crippen LogP contribution in [0.15, 0.2) is 59.5 Å². The van der Waals surface area contributed by atoms with E-state index in [2.05, 4.69) is 24.1 Å². The lowest BCUT2D eigenvalue weighted by Crippen LogP contribution is -2.53. The van der Waals surface area contributed by atoms with Crippen LogP contribution in [-0.2, 0) is 32.0 Å². The first kappa shape index (κ1) is 31.1. The van der Waals surface area contributed by atoms with E-state index in [0.29, 0.717) is 29.7 Å². The highest BCUT2D eigenvalue weighted by atomic mass is 32.2. The van der Waals surface area contributed by atoms with Gasteiger partial charge in [-0.1, -0.05) is 30.3 Å². The van der Waals surface area contributed by atoms with Gasteiger partial charge in [0.05, 0.1) is 62.3 Å². The molecule has 5 rings (SSSR count). The molecule has 3 aliphatic rings. The van der Waals surface area contributed by atoms with Gasteiger partial charge in [0, 0.05) is 19.1 Å². The fourth-order valence-electron chi connectivity index (χ4n) is 5.99. The number of carbonyl (C=O) groups excluding carboxylic acids is 1. The third-order valence-corrected chi connectivity index (χ3v) is 10.0. The van der Waals surface area contributed by atoms with Crippen LogP contribution in [0.5, 0.6) is 5.75 Å². The van der Waals surface area contributed by atoms with Crippen LogP contribution in [0.3, 0.4) is 0 Å². The molecular weight excluding hydrogens is 558 g/mol. The Kier molecular flexibility index (Phi) is 10.6. The molecule has 2 aromatic carbocycles. The Hall–Kier alpha value is -2.38. The molecule has 2 aromatic rings. The van der Waals surface area contributed by atoms with Crippen molar-refractivity contribution in [1.82, 2.24) is 14.5 Å². The van der Waals surface area contributed by atoms with Gasteiger partial charge in [0.15, 0.2) is 11.2 Å². The Balaban J connectivity index is 1.33. The molecule has 0 radical (unpaired) electrons. The molecule has 0 aliphatic carbocycles. The second-order valence-electron chi connectivity index (χ2n) is 11.5. The van der Waals surface area contributed by atoms with Crippen LogP contribution in [0, 0.1) is 5.92 Å². The predicted molar refractivity (Wildman–Crippen MR) is 158 cm³/mol. The molecular formula is C31H43N3O7S. The quantitative estimate of drug-likeness (QED) is 0.354. The standard InChI is InChI=1S/C31H43N3O7S/c1-21(2)33-15-13-23(18-33)34(42(37)25-11-9-24(38-3)10-12-25)19-28(35)27(17-22-7-5-4-6-8-22)32-31(36)41-29-20-40-30-26(29)14-16-39-30/h4-12,21,23,26-30,35H,13-20H2,1-3H3,(H,32,36)/t23?,26-,27-,28+,29-,30+,42?/m0/s1. The maximum absolute atomic E-state index is 14.0. The van der Waals surface area contributed by atoms with Crippen LogP contribution in [0.4, 0.5) is 4.79 Å². The van der Waals surface area contributed by atoms with Gasteiger partial charge in [-0.15, -0.1) is 4.31 Å². The molecule has 42 heavy (non-hydrogen) atoms.